The Labute approximate surface area is 286 Å². The second kappa shape index (κ2) is 13.5. The van der Waals surface area contributed by atoms with Crippen LogP contribution in [-0.4, -0.2) is 58.3 Å². The molecular weight excluding hydrogens is 589 g/mol. The number of aromatic nitrogens is 2. The summed E-state index contributed by atoms with van der Waals surface area (Å²) in [6, 6.07) is 35.4. The highest BCUT2D eigenvalue weighted by Gasteiger charge is 2.49. The standard InChI is InChI=1S/C42H50N6/c1-3-7-27(8-4-1)39-31-11-15-35(45-31)41(29-19-23-43-24-20-29)37-17-13-33(47-37)40(28-9-5-2-6-10-28)34-14-18-38(48-34)42(30-21-25-44-26-22-30)36-16-12-32(39)46-36/h1-10,19-26,31-42,45-48H,11-18H2. The van der Waals surface area contributed by atoms with Gasteiger partial charge in [0.25, 0.3) is 0 Å². The Morgan fingerprint density at radius 3 is 0.792 bits per heavy atom. The van der Waals surface area contributed by atoms with Crippen molar-refractivity contribution < 1.29 is 0 Å². The molecule has 2 aromatic heterocycles. The number of pyridine rings is 2. The van der Waals surface area contributed by atoms with E-state index in [-0.39, 0.29) is 0 Å². The zero-order valence-electron chi connectivity index (χ0n) is 27.9. The molecule has 5 saturated heterocycles. The summed E-state index contributed by atoms with van der Waals surface area (Å²) >= 11 is 0. The maximum atomic E-state index is 4.43. The van der Waals surface area contributed by atoms with Crippen molar-refractivity contribution >= 4 is 0 Å². The first-order valence-electron chi connectivity index (χ1n) is 18.7. The van der Waals surface area contributed by atoms with Gasteiger partial charge < -0.3 is 21.3 Å². The van der Waals surface area contributed by atoms with E-state index in [9.17, 15) is 0 Å². The van der Waals surface area contributed by atoms with Gasteiger partial charge in [0.2, 0.25) is 0 Å². The lowest BCUT2D eigenvalue weighted by Gasteiger charge is -2.37. The molecule has 8 bridgehead atoms. The number of hydrogen-bond donors (Lipinski definition) is 4. The largest absolute Gasteiger partial charge is 0.310 e. The molecule has 0 radical (unpaired) electrons. The van der Waals surface area contributed by atoms with Crippen LogP contribution in [0.2, 0.25) is 0 Å². The van der Waals surface area contributed by atoms with Crippen LogP contribution < -0.4 is 21.3 Å². The highest BCUT2D eigenvalue weighted by molar-refractivity contribution is 5.31. The molecule has 248 valence electrons. The quantitative estimate of drug-likeness (QED) is 0.207. The van der Waals surface area contributed by atoms with Gasteiger partial charge in [-0.3, -0.25) is 9.97 Å². The third-order valence-electron chi connectivity index (χ3n) is 12.9. The minimum absolute atomic E-state index is 0.411. The van der Waals surface area contributed by atoms with Crippen LogP contribution >= 0.6 is 0 Å². The zero-order chi connectivity index (χ0) is 31.9. The smallest absolute Gasteiger partial charge is 0.0270 e. The average Bonchev–Trinajstić information content (AvgIpc) is 3.98. The van der Waals surface area contributed by atoms with Gasteiger partial charge in [-0.25, -0.2) is 0 Å². The lowest BCUT2D eigenvalue weighted by Crippen LogP contribution is -2.51. The summed E-state index contributed by atoms with van der Waals surface area (Å²) < 4.78 is 0. The fraction of sp³-hybridized carbons (Fsp3) is 0.476. The lowest BCUT2D eigenvalue weighted by molar-refractivity contribution is 0.305. The van der Waals surface area contributed by atoms with Gasteiger partial charge in [-0.15, -0.1) is 0 Å². The van der Waals surface area contributed by atoms with Crippen molar-refractivity contribution in [2.45, 2.75) is 123 Å². The molecular formula is C42H50N6. The van der Waals surface area contributed by atoms with Gasteiger partial charge in [0.15, 0.2) is 0 Å². The van der Waals surface area contributed by atoms with Gasteiger partial charge in [0.05, 0.1) is 0 Å². The van der Waals surface area contributed by atoms with Crippen LogP contribution in [0.15, 0.2) is 110 Å². The summed E-state index contributed by atoms with van der Waals surface area (Å²) in [4.78, 5) is 8.86. The van der Waals surface area contributed by atoms with E-state index in [1.165, 1.54) is 73.6 Å². The normalized spacial score (nSPS) is 37.8. The van der Waals surface area contributed by atoms with Crippen molar-refractivity contribution in [2.24, 2.45) is 0 Å². The number of nitrogens with one attached hydrogen (secondary N) is 4. The second-order valence-corrected chi connectivity index (χ2v) is 15.3. The summed E-state index contributed by atoms with van der Waals surface area (Å²) in [5, 5.41) is 17.3. The van der Waals surface area contributed by atoms with Crippen molar-refractivity contribution in [3.8, 4) is 0 Å². The van der Waals surface area contributed by atoms with Crippen molar-refractivity contribution in [3.05, 3.63) is 132 Å². The topological polar surface area (TPSA) is 73.9 Å². The zero-order valence-corrected chi connectivity index (χ0v) is 27.9. The molecule has 0 spiro atoms. The molecule has 6 heteroatoms. The number of nitrogens with zero attached hydrogens (tertiary/aromatic N) is 2. The van der Waals surface area contributed by atoms with Crippen LogP contribution in [-0.2, 0) is 0 Å². The van der Waals surface area contributed by atoms with Gasteiger partial charge in [0, 0.05) is 96.8 Å². The van der Waals surface area contributed by atoms with Crippen LogP contribution in [0.25, 0.3) is 0 Å². The summed E-state index contributed by atoms with van der Waals surface area (Å²) in [7, 11) is 0. The maximum absolute atomic E-state index is 4.43. The second-order valence-electron chi connectivity index (χ2n) is 15.3. The van der Waals surface area contributed by atoms with Gasteiger partial charge in [-0.05, 0) is 97.9 Å². The molecule has 8 atom stereocenters. The van der Waals surface area contributed by atoms with Crippen molar-refractivity contribution in [1.29, 1.82) is 0 Å². The van der Waals surface area contributed by atoms with E-state index in [0.29, 0.717) is 72.0 Å². The Morgan fingerprint density at radius 2 is 0.542 bits per heavy atom. The number of hydrogen-bond acceptors (Lipinski definition) is 6. The molecule has 0 amide bonds. The molecule has 5 aliphatic heterocycles. The van der Waals surface area contributed by atoms with E-state index < -0.39 is 0 Å². The molecule has 4 aromatic rings. The van der Waals surface area contributed by atoms with Crippen molar-refractivity contribution in [3.63, 3.8) is 0 Å². The van der Waals surface area contributed by atoms with E-state index in [1.807, 2.05) is 24.8 Å². The van der Waals surface area contributed by atoms with Gasteiger partial charge in [-0.2, -0.15) is 0 Å². The highest BCUT2D eigenvalue weighted by atomic mass is 15.1. The molecule has 8 unspecified atom stereocenters. The Kier molecular flexibility index (Phi) is 8.60. The van der Waals surface area contributed by atoms with Gasteiger partial charge in [-0.1, -0.05) is 60.7 Å². The third kappa shape index (κ3) is 5.81. The molecule has 0 aliphatic carbocycles. The van der Waals surface area contributed by atoms with Crippen LogP contribution in [0.5, 0.6) is 0 Å². The van der Waals surface area contributed by atoms with Crippen LogP contribution in [0.4, 0.5) is 0 Å². The van der Waals surface area contributed by atoms with Gasteiger partial charge in [0.1, 0.15) is 0 Å². The predicted molar refractivity (Wildman–Crippen MR) is 192 cm³/mol. The fourth-order valence-corrected chi connectivity index (χ4v) is 11.0. The molecule has 9 rings (SSSR count). The first-order valence-corrected chi connectivity index (χ1v) is 18.7. The number of benzene rings is 2. The molecule has 4 N–H and O–H groups in total. The van der Waals surface area contributed by atoms with Crippen LogP contribution in [0.3, 0.4) is 0 Å². The average molecular weight is 639 g/mol. The summed E-state index contributed by atoms with van der Waals surface area (Å²) in [6.07, 6.45) is 17.6. The maximum Gasteiger partial charge on any atom is 0.0270 e. The predicted octanol–water partition coefficient (Wildman–Crippen LogP) is 6.41. The molecule has 2 aromatic carbocycles. The minimum Gasteiger partial charge on any atom is -0.310 e. The van der Waals surface area contributed by atoms with Crippen molar-refractivity contribution in [2.75, 3.05) is 0 Å². The van der Waals surface area contributed by atoms with E-state index >= 15 is 0 Å². The molecule has 0 saturated carbocycles. The van der Waals surface area contributed by atoms with Crippen molar-refractivity contribution in [1.82, 2.24) is 31.2 Å². The minimum atomic E-state index is 0.411. The monoisotopic (exact) mass is 638 g/mol. The SMILES string of the molecule is c1ccc(C2C3CCC(N3)C(c3ccncc3)C3CCC(N3)C(c3ccccc3)C3CCC(N3)C(c3ccncc3)C3CCC2N3)cc1. The summed E-state index contributed by atoms with van der Waals surface area (Å²) in [6.45, 7) is 0. The summed E-state index contributed by atoms with van der Waals surface area (Å²) in [5.41, 5.74) is 5.79. The number of rotatable bonds is 4. The fourth-order valence-electron chi connectivity index (χ4n) is 11.0. The molecule has 6 nitrogen and oxygen atoms in total. The summed E-state index contributed by atoms with van der Waals surface area (Å²) in [5.74, 6) is 1.68. The molecule has 5 aliphatic rings. The Hall–Kier alpha value is -3.42. The first kappa shape index (κ1) is 30.6. The molecule has 48 heavy (non-hydrogen) atoms. The molecule has 7 heterocycles. The molecule has 5 fully saturated rings. The van der Waals surface area contributed by atoms with E-state index in [1.54, 1.807) is 0 Å². The lowest BCUT2D eigenvalue weighted by atomic mass is 9.83. The third-order valence-corrected chi connectivity index (χ3v) is 12.9. The van der Waals surface area contributed by atoms with E-state index in [4.69, 9.17) is 0 Å². The Balaban J connectivity index is 1.13. The Bertz CT molecular complexity index is 1330. The first-order chi connectivity index (χ1) is 23.8. The van der Waals surface area contributed by atoms with Crippen LogP contribution in [0.1, 0.15) is 97.3 Å². The van der Waals surface area contributed by atoms with Gasteiger partial charge >= 0.3 is 0 Å². The number of fused-ring (bicyclic) bond motifs is 8. The van der Waals surface area contributed by atoms with E-state index in [0.717, 1.165) is 0 Å². The van der Waals surface area contributed by atoms with Crippen LogP contribution in [0, 0.1) is 0 Å². The Morgan fingerprint density at radius 1 is 0.312 bits per heavy atom. The highest BCUT2D eigenvalue weighted by Crippen LogP contribution is 2.45. The van der Waals surface area contributed by atoms with E-state index in [2.05, 4.69) is 116 Å².